The molecule has 0 spiro atoms. The van der Waals surface area contributed by atoms with Gasteiger partial charge in [-0.25, -0.2) is 9.78 Å². The minimum absolute atomic E-state index is 0.0589. The predicted octanol–water partition coefficient (Wildman–Crippen LogP) is 4.64. The summed E-state index contributed by atoms with van der Waals surface area (Å²) in [6, 6.07) is 11.8. The third kappa shape index (κ3) is 3.78. The molecule has 8 heteroatoms. The van der Waals surface area contributed by atoms with Crippen LogP contribution in [0.25, 0.3) is 21.7 Å². The molecule has 0 radical (unpaired) electrons. The average Bonchev–Trinajstić information content (AvgIpc) is 3.41. The molecule has 0 aliphatic heterocycles. The van der Waals surface area contributed by atoms with Crippen molar-refractivity contribution in [1.29, 1.82) is 0 Å². The van der Waals surface area contributed by atoms with Crippen LogP contribution in [0.3, 0.4) is 0 Å². The first-order valence-electron chi connectivity index (χ1n) is 8.58. The quantitative estimate of drug-likeness (QED) is 0.425. The third-order valence-electron chi connectivity index (χ3n) is 4.30. The van der Waals surface area contributed by atoms with E-state index < -0.39 is 5.97 Å². The Balaban J connectivity index is 1.68. The second-order valence-corrected chi connectivity index (χ2v) is 7.16. The number of aromatic hydroxyl groups is 1. The number of benzene rings is 1. The van der Waals surface area contributed by atoms with Crippen LogP contribution in [0.2, 0.25) is 0 Å². The Morgan fingerprint density at radius 2 is 2.10 bits per heavy atom. The van der Waals surface area contributed by atoms with E-state index in [0.717, 1.165) is 16.0 Å². The first-order valence-corrected chi connectivity index (χ1v) is 9.46. The summed E-state index contributed by atoms with van der Waals surface area (Å²) < 4.78 is 11.0. The van der Waals surface area contributed by atoms with E-state index in [1.807, 2.05) is 23.6 Å². The number of nitrogens with zero attached hydrogens (tertiary/aromatic N) is 1. The maximum Gasteiger partial charge on any atom is 0.339 e. The monoisotopic (exact) mass is 408 g/mol. The van der Waals surface area contributed by atoms with Crippen LogP contribution in [-0.2, 0) is 6.61 Å². The number of anilines is 1. The molecule has 0 saturated heterocycles. The number of aromatic carboxylic acids is 1. The van der Waals surface area contributed by atoms with Crippen LogP contribution in [0.15, 0.2) is 64.8 Å². The number of ether oxygens (including phenoxy) is 1. The van der Waals surface area contributed by atoms with Crippen molar-refractivity contribution < 1.29 is 24.2 Å². The number of hydrogen-bond donors (Lipinski definition) is 3. The van der Waals surface area contributed by atoms with Gasteiger partial charge < -0.3 is 25.1 Å². The minimum Gasteiger partial charge on any atom is -0.507 e. The van der Waals surface area contributed by atoms with Gasteiger partial charge in [-0.15, -0.1) is 11.3 Å². The molecule has 146 valence electrons. The molecule has 3 heterocycles. The standard InChI is InChI=1S/C21H16N2O5S/c22-19-15(13-5-6-27-11-13)9-16(18-2-1-7-29-18)23-20(19)28-10-12-3-4-14(21(25)26)17(24)8-12/h1-9,11,24H,10,22H2,(H,25,26). The van der Waals surface area contributed by atoms with Crippen molar-refractivity contribution in [2.24, 2.45) is 0 Å². The van der Waals surface area contributed by atoms with Gasteiger partial charge in [0.2, 0.25) is 5.88 Å². The maximum atomic E-state index is 11.0. The Kier molecular flexibility index (Phi) is 4.92. The van der Waals surface area contributed by atoms with Crippen molar-refractivity contribution >= 4 is 23.0 Å². The lowest BCUT2D eigenvalue weighted by atomic mass is 10.1. The summed E-state index contributed by atoms with van der Waals surface area (Å²) in [5, 5.41) is 20.8. The predicted molar refractivity (Wildman–Crippen MR) is 109 cm³/mol. The number of nitrogen functional groups attached to an aromatic ring is 1. The maximum absolute atomic E-state index is 11.0. The van der Waals surface area contributed by atoms with Crippen molar-refractivity contribution in [3.05, 3.63) is 71.5 Å². The number of carboxylic acids is 1. The highest BCUT2D eigenvalue weighted by molar-refractivity contribution is 7.13. The molecular formula is C21H16N2O5S. The Morgan fingerprint density at radius 3 is 2.76 bits per heavy atom. The van der Waals surface area contributed by atoms with Crippen LogP contribution in [0, 0.1) is 0 Å². The number of aromatic nitrogens is 1. The molecule has 0 unspecified atom stereocenters. The molecule has 0 saturated carbocycles. The first-order chi connectivity index (χ1) is 14.0. The molecule has 29 heavy (non-hydrogen) atoms. The van der Waals surface area contributed by atoms with Gasteiger partial charge in [-0.3, -0.25) is 0 Å². The number of carboxylic acid groups (broad SMARTS) is 1. The highest BCUT2D eigenvalue weighted by Gasteiger charge is 2.16. The lowest BCUT2D eigenvalue weighted by molar-refractivity contribution is 0.0693. The SMILES string of the molecule is Nc1c(-c2ccoc2)cc(-c2cccs2)nc1OCc1ccc(C(=O)O)c(O)c1. The fraction of sp³-hybridized carbons (Fsp3) is 0.0476. The molecule has 3 aromatic heterocycles. The molecular weight excluding hydrogens is 392 g/mol. The van der Waals surface area contributed by atoms with Crippen molar-refractivity contribution in [3.8, 4) is 33.3 Å². The summed E-state index contributed by atoms with van der Waals surface area (Å²) in [4.78, 5) is 16.5. The molecule has 0 amide bonds. The fourth-order valence-corrected chi connectivity index (χ4v) is 3.53. The molecule has 0 aliphatic carbocycles. The highest BCUT2D eigenvalue weighted by atomic mass is 32.1. The van der Waals surface area contributed by atoms with E-state index in [2.05, 4.69) is 4.98 Å². The second-order valence-electron chi connectivity index (χ2n) is 6.21. The number of nitrogens with two attached hydrogens (primary N) is 1. The molecule has 0 fully saturated rings. The third-order valence-corrected chi connectivity index (χ3v) is 5.19. The smallest absolute Gasteiger partial charge is 0.339 e. The van der Waals surface area contributed by atoms with Gasteiger partial charge in [-0.1, -0.05) is 12.1 Å². The summed E-state index contributed by atoms with van der Waals surface area (Å²) in [7, 11) is 0. The number of thiophene rings is 1. The van der Waals surface area contributed by atoms with E-state index in [1.54, 1.807) is 36.0 Å². The van der Waals surface area contributed by atoms with Crippen molar-refractivity contribution in [3.63, 3.8) is 0 Å². The normalized spacial score (nSPS) is 10.8. The van der Waals surface area contributed by atoms with Gasteiger partial charge in [-0.05, 0) is 41.3 Å². The first kappa shape index (κ1) is 18.6. The Labute approximate surface area is 169 Å². The minimum atomic E-state index is -1.20. The van der Waals surface area contributed by atoms with Crippen LogP contribution in [0.5, 0.6) is 11.6 Å². The zero-order valence-corrected chi connectivity index (χ0v) is 15.8. The number of phenols is 1. The molecule has 0 aliphatic rings. The Morgan fingerprint density at radius 1 is 1.24 bits per heavy atom. The molecule has 1 aromatic carbocycles. The summed E-state index contributed by atoms with van der Waals surface area (Å²) in [6.07, 6.45) is 3.16. The van der Waals surface area contributed by atoms with Crippen LogP contribution < -0.4 is 10.5 Å². The van der Waals surface area contributed by atoms with Crippen molar-refractivity contribution in [2.75, 3.05) is 5.73 Å². The molecule has 4 aromatic rings. The van der Waals surface area contributed by atoms with Gasteiger partial charge in [0.25, 0.3) is 0 Å². The van der Waals surface area contributed by atoms with Crippen LogP contribution in [0.4, 0.5) is 5.69 Å². The second kappa shape index (κ2) is 7.69. The van der Waals surface area contributed by atoms with Crippen LogP contribution in [0.1, 0.15) is 15.9 Å². The summed E-state index contributed by atoms with van der Waals surface area (Å²) in [5.41, 5.74) is 9.32. The molecule has 0 atom stereocenters. The lowest BCUT2D eigenvalue weighted by Crippen LogP contribution is -2.04. The zero-order valence-electron chi connectivity index (χ0n) is 15.0. The topological polar surface area (TPSA) is 119 Å². The molecule has 7 nitrogen and oxygen atoms in total. The van der Waals surface area contributed by atoms with Gasteiger partial charge >= 0.3 is 5.97 Å². The Bertz CT molecular complexity index is 1150. The van der Waals surface area contributed by atoms with E-state index in [0.29, 0.717) is 16.9 Å². The number of hydrogen-bond acceptors (Lipinski definition) is 7. The number of carbonyl (C=O) groups is 1. The van der Waals surface area contributed by atoms with Crippen molar-refractivity contribution in [1.82, 2.24) is 4.98 Å². The van der Waals surface area contributed by atoms with E-state index in [9.17, 15) is 9.90 Å². The van der Waals surface area contributed by atoms with E-state index >= 15 is 0 Å². The summed E-state index contributed by atoms with van der Waals surface area (Å²) in [5.74, 6) is -1.28. The Hall–Kier alpha value is -3.78. The van der Waals surface area contributed by atoms with E-state index in [4.69, 9.17) is 20.0 Å². The molecule has 0 bridgehead atoms. The van der Waals surface area contributed by atoms with Crippen LogP contribution >= 0.6 is 11.3 Å². The average molecular weight is 408 g/mol. The summed E-state index contributed by atoms with van der Waals surface area (Å²) in [6.45, 7) is 0.0589. The van der Waals surface area contributed by atoms with Gasteiger partial charge in [0.05, 0.1) is 23.1 Å². The number of furan rings is 1. The fourth-order valence-electron chi connectivity index (χ4n) is 2.85. The van der Waals surface area contributed by atoms with Gasteiger partial charge in [-0.2, -0.15) is 0 Å². The molecule has 4 rings (SSSR count). The van der Waals surface area contributed by atoms with Gasteiger partial charge in [0, 0.05) is 11.1 Å². The highest BCUT2D eigenvalue weighted by Crippen LogP contribution is 2.37. The largest absolute Gasteiger partial charge is 0.507 e. The summed E-state index contributed by atoms with van der Waals surface area (Å²) >= 11 is 1.55. The number of rotatable bonds is 6. The van der Waals surface area contributed by atoms with Crippen molar-refractivity contribution in [2.45, 2.75) is 6.61 Å². The number of pyridine rings is 1. The van der Waals surface area contributed by atoms with E-state index in [1.165, 1.54) is 12.1 Å². The van der Waals surface area contributed by atoms with Gasteiger partial charge in [0.15, 0.2) is 0 Å². The molecule has 4 N–H and O–H groups in total. The zero-order chi connectivity index (χ0) is 20.4. The van der Waals surface area contributed by atoms with Gasteiger partial charge in [0.1, 0.15) is 23.6 Å². The lowest BCUT2D eigenvalue weighted by Gasteiger charge is -2.13. The van der Waals surface area contributed by atoms with E-state index in [-0.39, 0.29) is 23.8 Å². The van der Waals surface area contributed by atoms with Crippen LogP contribution in [-0.4, -0.2) is 21.2 Å².